The number of hydrogen-bond acceptors (Lipinski definition) is 3. The minimum absolute atomic E-state index is 0.0723. The number of hydrogen-bond donors (Lipinski definition) is 2. The fourth-order valence-electron chi connectivity index (χ4n) is 2.63. The lowest BCUT2D eigenvalue weighted by Crippen LogP contribution is -2.22. The highest BCUT2D eigenvalue weighted by Crippen LogP contribution is 2.30. The van der Waals surface area contributed by atoms with E-state index in [9.17, 15) is 0 Å². The van der Waals surface area contributed by atoms with E-state index in [2.05, 4.69) is 23.1 Å². The predicted molar refractivity (Wildman–Crippen MR) is 71.1 cm³/mol. The lowest BCUT2D eigenvalue weighted by molar-refractivity contribution is 0.263. The Bertz CT molecular complexity index is 365. The van der Waals surface area contributed by atoms with Crippen molar-refractivity contribution in [3.05, 3.63) is 29.8 Å². The molecule has 0 bridgehead atoms. The molecule has 0 spiro atoms. The number of nitrogens with zero attached hydrogens (tertiary/aromatic N) is 1. The van der Waals surface area contributed by atoms with Gasteiger partial charge in [-0.3, -0.25) is 0 Å². The smallest absolute Gasteiger partial charge is 0.0434 e. The number of benzene rings is 1. The summed E-state index contributed by atoms with van der Waals surface area (Å²) in [5.74, 6) is 0.626. The van der Waals surface area contributed by atoms with Crippen molar-refractivity contribution in [2.45, 2.75) is 25.8 Å². The van der Waals surface area contributed by atoms with Crippen molar-refractivity contribution in [2.75, 3.05) is 24.6 Å². The Kier molecular flexibility index (Phi) is 4.02. The summed E-state index contributed by atoms with van der Waals surface area (Å²) in [4.78, 5) is 2.40. The molecule has 1 fully saturated rings. The lowest BCUT2D eigenvalue weighted by Gasteiger charge is -2.23. The molecule has 94 valence electrons. The Morgan fingerprint density at radius 3 is 2.94 bits per heavy atom. The molecule has 1 aromatic rings. The van der Waals surface area contributed by atoms with Crippen LogP contribution in [-0.4, -0.2) is 24.8 Å². The summed E-state index contributed by atoms with van der Waals surface area (Å²) in [6, 6.07) is 8.45. The van der Waals surface area contributed by atoms with E-state index in [1.807, 2.05) is 13.0 Å². The molecule has 17 heavy (non-hydrogen) atoms. The van der Waals surface area contributed by atoms with Gasteiger partial charge in [-0.2, -0.15) is 0 Å². The van der Waals surface area contributed by atoms with Gasteiger partial charge in [-0.05, 0) is 37.3 Å². The van der Waals surface area contributed by atoms with Crippen molar-refractivity contribution in [3.8, 4) is 0 Å². The number of anilines is 1. The average Bonchev–Trinajstić information content (AvgIpc) is 2.78. The Morgan fingerprint density at radius 1 is 1.47 bits per heavy atom. The SMILES string of the molecule is C[C@H](N)c1ccccc1N1CCC(CCO)C1. The summed E-state index contributed by atoms with van der Waals surface area (Å²) in [6.07, 6.45) is 2.09. The summed E-state index contributed by atoms with van der Waals surface area (Å²) in [5, 5.41) is 8.99. The Balaban J connectivity index is 2.13. The van der Waals surface area contributed by atoms with E-state index in [0.717, 1.165) is 19.5 Å². The summed E-state index contributed by atoms with van der Waals surface area (Å²) < 4.78 is 0. The quantitative estimate of drug-likeness (QED) is 0.836. The van der Waals surface area contributed by atoms with E-state index in [4.69, 9.17) is 10.8 Å². The molecule has 1 saturated heterocycles. The highest BCUT2D eigenvalue weighted by Gasteiger charge is 2.24. The van der Waals surface area contributed by atoms with Gasteiger partial charge in [0.1, 0.15) is 0 Å². The zero-order chi connectivity index (χ0) is 12.3. The summed E-state index contributed by atoms with van der Waals surface area (Å²) in [5.41, 5.74) is 8.49. The molecule has 2 atom stereocenters. The van der Waals surface area contributed by atoms with Crippen molar-refractivity contribution >= 4 is 5.69 Å². The van der Waals surface area contributed by atoms with Gasteiger partial charge in [-0.1, -0.05) is 18.2 Å². The molecule has 3 N–H and O–H groups in total. The van der Waals surface area contributed by atoms with Crippen LogP contribution in [0.15, 0.2) is 24.3 Å². The van der Waals surface area contributed by atoms with Gasteiger partial charge < -0.3 is 15.7 Å². The van der Waals surface area contributed by atoms with Crippen LogP contribution in [0.3, 0.4) is 0 Å². The number of aliphatic hydroxyl groups excluding tert-OH is 1. The molecule has 0 radical (unpaired) electrons. The fraction of sp³-hybridized carbons (Fsp3) is 0.571. The molecule has 0 aromatic heterocycles. The first-order valence-corrected chi connectivity index (χ1v) is 6.42. The van der Waals surface area contributed by atoms with Crippen LogP contribution in [-0.2, 0) is 0 Å². The zero-order valence-corrected chi connectivity index (χ0v) is 10.5. The first kappa shape index (κ1) is 12.4. The standard InChI is InChI=1S/C14H22N2O/c1-11(15)13-4-2-3-5-14(13)16-8-6-12(10-16)7-9-17/h2-5,11-12,17H,6-10,15H2,1H3/t11-,12?/m0/s1. The van der Waals surface area contributed by atoms with Gasteiger partial charge in [0.25, 0.3) is 0 Å². The van der Waals surface area contributed by atoms with Gasteiger partial charge in [-0.25, -0.2) is 0 Å². The molecule has 0 aliphatic carbocycles. The maximum absolute atomic E-state index is 8.99. The highest BCUT2D eigenvalue weighted by molar-refractivity contribution is 5.55. The van der Waals surface area contributed by atoms with E-state index in [-0.39, 0.29) is 6.04 Å². The minimum atomic E-state index is 0.0723. The van der Waals surface area contributed by atoms with Crippen molar-refractivity contribution in [3.63, 3.8) is 0 Å². The average molecular weight is 234 g/mol. The van der Waals surface area contributed by atoms with Gasteiger partial charge in [0.15, 0.2) is 0 Å². The van der Waals surface area contributed by atoms with Crippen molar-refractivity contribution < 1.29 is 5.11 Å². The van der Waals surface area contributed by atoms with Crippen LogP contribution in [0.1, 0.15) is 31.4 Å². The second-order valence-corrected chi connectivity index (χ2v) is 4.96. The van der Waals surface area contributed by atoms with Crippen LogP contribution in [0.2, 0.25) is 0 Å². The molecule has 0 amide bonds. The van der Waals surface area contributed by atoms with Gasteiger partial charge in [-0.15, -0.1) is 0 Å². The summed E-state index contributed by atoms with van der Waals surface area (Å²) >= 11 is 0. The van der Waals surface area contributed by atoms with Crippen molar-refractivity contribution in [2.24, 2.45) is 11.7 Å². The lowest BCUT2D eigenvalue weighted by atomic mass is 10.1. The molecule has 1 unspecified atom stereocenters. The third-order valence-corrected chi connectivity index (χ3v) is 3.59. The number of nitrogens with two attached hydrogens (primary N) is 1. The monoisotopic (exact) mass is 234 g/mol. The third kappa shape index (κ3) is 2.79. The molecular formula is C14H22N2O. The Morgan fingerprint density at radius 2 is 2.24 bits per heavy atom. The number of aliphatic hydroxyl groups is 1. The zero-order valence-electron chi connectivity index (χ0n) is 10.5. The molecule has 2 rings (SSSR count). The second kappa shape index (κ2) is 5.52. The normalized spacial score (nSPS) is 21.8. The summed E-state index contributed by atoms with van der Waals surface area (Å²) in [6.45, 7) is 4.45. The summed E-state index contributed by atoms with van der Waals surface area (Å²) in [7, 11) is 0. The first-order chi connectivity index (χ1) is 8.22. The Labute approximate surface area is 103 Å². The first-order valence-electron chi connectivity index (χ1n) is 6.42. The van der Waals surface area contributed by atoms with Crippen LogP contribution in [0.25, 0.3) is 0 Å². The van der Waals surface area contributed by atoms with Crippen LogP contribution < -0.4 is 10.6 Å². The van der Waals surface area contributed by atoms with Gasteiger partial charge in [0.2, 0.25) is 0 Å². The van der Waals surface area contributed by atoms with Gasteiger partial charge in [0, 0.05) is 31.4 Å². The molecule has 3 nitrogen and oxygen atoms in total. The highest BCUT2D eigenvalue weighted by atomic mass is 16.3. The number of rotatable bonds is 4. The largest absolute Gasteiger partial charge is 0.396 e. The Hall–Kier alpha value is -1.06. The van der Waals surface area contributed by atoms with E-state index in [1.165, 1.54) is 17.7 Å². The van der Waals surface area contributed by atoms with Crippen molar-refractivity contribution in [1.82, 2.24) is 0 Å². The molecule has 0 saturated carbocycles. The molecule has 1 aliphatic heterocycles. The molecule has 1 heterocycles. The van der Waals surface area contributed by atoms with Crippen LogP contribution >= 0.6 is 0 Å². The van der Waals surface area contributed by atoms with Crippen LogP contribution in [0, 0.1) is 5.92 Å². The molecule has 1 aliphatic rings. The predicted octanol–water partition coefficient (Wildman–Crippen LogP) is 1.92. The van der Waals surface area contributed by atoms with Gasteiger partial charge >= 0.3 is 0 Å². The van der Waals surface area contributed by atoms with Crippen LogP contribution in [0.4, 0.5) is 5.69 Å². The molecule has 1 aromatic carbocycles. The maximum atomic E-state index is 8.99. The molecular weight excluding hydrogens is 212 g/mol. The van der Waals surface area contributed by atoms with E-state index >= 15 is 0 Å². The fourth-order valence-corrected chi connectivity index (χ4v) is 2.63. The van der Waals surface area contributed by atoms with E-state index < -0.39 is 0 Å². The van der Waals surface area contributed by atoms with Crippen LogP contribution in [0.5, 0.6) is 0 Å². The van der Waals surface area contributed by atoms with E-state index in [0.29, 0.717) is 12.5 Å². The second-order valence-electron chi connectivity index (χ2n) is 4.96. The van der Waals surface area contributed by atoms with Gasteiger partial charge in [0.05, 0.1) is 0 Å². The maximum Gasteiger partial charge on any atom is 0.0434 e. The number of para-hydroxylation sites is 1. The third-order valence-electron chi connectivity index (χ3n) is 3.59. The minimum Gasteiger partial charge on any atom is -0.396 e. The van der Waals surface area contributed by atoms with Crippen molar-refractivity contribution in [1.29, 1.82) is 0 Å². The topological polar surface area (TPSA) is 49.5 Å². The molecule has 3 heteroatoms. The van der Waals surface area contributed by atoms with E-state index in [1.54, 1.807) is 0 Å².